The van der Waals surface area contributed by atoms with E-state index in [2.05, 4.69) is 5.92 Å². The number of hydrogen-bond donors (Lipinski definition) is 1. The van der Waals surface area contributed by atoms with Crippen LogP contribution in [-0.4, -0.2) is 25.4 Å². The highest BCUT2D eigenvalue weighted by Gasteiger charge is 2.11. The van der Waals surface area contributed by atoms with Gasteiger partial charge in [0.1, 0.15) is 25.1 Å². The molecule has 0 aliphatic rings. The van der Waals surface area contributed by atoms with Crippen molar-refractivity contribution in [2.24, 2.45) is 0 Å². The van der Waals surface area contributed by atoms with E-state index >= 15 is 0 Å². The van der Waals surface area contributed by atoms with E-state index in [1.807, 2.05) is 30.3 Å². The molecular weight excluding hydrogens is 280 g/mol. The van der Waals surface area contributed by atoms with Gasteiger partial charge in [-0.15, -0.1) is 6.42 Å². The lowest BCUT2D eigenvalue weighted by molar-refractivity contribution is 0.106. The van der Waals surface area contributed by atoms with Gasteiger partial charge < -0.3 is 19.3 Å². The van der Waals surface area contributed by atoms with Crippen molar-refractivity contribution < 1.29 is 19.3 Å². The van der Waals surface area contributed by atoms with Gasteiger partial charge in [-0.1, -0.05) is 30.2 Å². The van der Waals surface area contributed by atoms with E-state index in [9.17, 15) is 5.11 Å². The first-order valence-electron chi connectivity index (χ1n) is 6.84. The Morgan fingerprint density at radius 3 is 2.50 bits per heavy atom. The third kappa shape index (κ3) is 4.18. The topological polar surface area (TPSA) is 47.9 Å². The lowest BCUT2D eigenvalue weighted by Gasteiger charge is -2.15. The zero-order chi connectivity index (χ0) is 15.8. The van der Waals surface area contributed by atoms with Crippen molar-refractivity contribution in [3.05, 3.63) is 54.1 Å². The predicted molar refractivity (Wildman–Crippen MR) is 84.2 cm³/mol. The monoisotopic (exact) mass is 298 g/mol. The number of benzene rings is 2. The summed E-state index contributed by atoms with van der Waals surface area (Å²) >= 11 is 0. The number of hydrogen-bond acceptors (Lipinski definition) is 4. The minimum absolute atomic E-state index is 0.101. The fraction of sp³-hybridized carbons (Fsp3) is 0.222. The van der Waals surface area contributed by atoms with Crippen LogP contribution in [0.5, 0.6) is 17.2 Å². The molecule has 0 saturated heterocycles. The third-order valence-corrected chi connectivity index (χ3v) is 3.04. The molecule has 2 aromatic rings. The standard InChI is InChI=1S/C18H18O4/c1-3-11-21-17-9-4-5-10-18(17)22-13-16(19)14-7-6-8-15(12-14)20-2/h1,4-10,12,16,19H,11,13H2,2H3. The second-order valence-electron chi connectivity index (χ2n) is 4.54. The number of terminal acetylenes is 1. The lowest BCUT2D eigenvalue weighted by Crippen LogP contribution is -2.10. The summed E-state index contributed by atoms with van der Waals surface area (Å²) in [7, 11) is 1.58. The molecule has 0 spiro atoms. The summed E-state index contributed by atoms with van der Waals surface area (Å²) in [6.45, 7) is 0.266. The Morgan fingerprint density at radius 1 is 1.09 bits per heavy atom. The Bertz CT molecular complexity index is 646. The molecule has 0 aromatic heterocycles. The maximum atomic E-state index is 10.2. The summed E-state index contributed by atoms with van der Waals surface area (Å²) in [5, 5.41) is 10.2. The first kappa shape index (κ1) is 15.7. The van der Waals surface area contributed by atoms with Gasteiger partial charge >= 0.3 is 0 Å². The van der Waals surface area contributed by atoms with Crippen LogP contribution in [0.3, 0.4) is 0 Å². The molecule has 0 heterocycles. The number of ether oxygens (including phenoxy) is 3. The van der Waals surface area contributed by atoms with Crippen LogP contribution in [0.1, 0.15) is 11.7 Å². The lowest BCUT2D eigenvalue weighted by atomic mass is 10.1. The Morgan fingerprint density at radius 2 is 1.82 bits per heavy atom. The van der Waals surface area contributed by atoms with E-state index in [1.54, 1.807) is 25.3 Å². The average molecular weight is 298 g/mol. The Hall–Kier alpha value is -2.64. The second kappa shape index (κ2) is 7.96. The van der Waals surface area contributed by atoms with Crippen LogP contribution in [-0.2, 0) is 0 Å². The van der Waals surface area contributed by atoms with E-state index in [1.165, 1.54) is 0 Å². The fourth-order valence-corrected chi connectivity index (χ4v) is 1.92. The summed E-state index contributed by atoms with van der Waals surface area (Å²) in [5.74, 6) is 4.19. The fourth-order valence-electron chi connectivity index (χ4n) is 1.92. The van der Waals surface area contributed by atoms with Gasteiger partial charge in [-0.25, -0.2) is 0 Å². The van der Waals surface area contributed by atoms with Gasteiger partial charge in [0.15, 0.2) is 11.5 Å². The highest BCUT2D eigenvalue weighted by molar-refractivity contribution is 5.40. The van der Waals surface area contributed by atoms with Crippen LogP contribution in [0.2, 0.25) is 0 Å². The minimum Gasteiger partial charge on any atom is -0.497 e. The van der Waals surface area contributed by atoms with Crippen LogP contribution in [0, 0.1) is 12.3 Å². The number of aliphatic hydroxyl groups is 1. The third-order valence-electron chi connectivity index (χ3n) is 3.04. The molecule has 0 aliphatic carbocycles. The van der Waals surface area contributed by atoms with Crippen molar-refractivity contribution in [3.63, 3.8) is 0 Å². The van der Waals surface area contributed by atoms with Crippen molar-refractivity contribution in [3.8, 4) is 29.6 Å². The van der Waals surface area contributed by atoms with Crippen LogP contribution in [0.4, 0.5) is 0 Å². The predicted octanol–water partition coefficient (Wildman–Crippen LogP) is 2.82. The molecule has 114 valence electrons. The molecule has 0 saturated carbocycles. The quantitative estimate of drug-likeness (QED) is 0.799. The molecule has 0 amide bonds. The molecule has 0 radical (unpaired) electrons. The van der Waals surface area contributed by atoms with Gasteiger partial charge in [-0.3, -0.25) is 0 Å². The first-order chi connectivity index (χ1) is 10.7. The van der Waals surface area contributed by atoms with Crippen LogP contribution in [0.25, 0.3) is 0 Å². The van der Waals surface area contributed by atoms with Crippen LogP contribution < -0.4 is 14.2 Å². The van der Waals surface area contributed by atoms with E-state index < -0.39 is 6.10 Å². The molecule has 0 aliphatic heterocycles. The van der Waals surface area contributed by atoms with Crippen molar-refractivity contribution in [1.82, 2.24) is 0 Å². The Balaban J connectivity index is 2.01. The summed E-state index contributed by atoms with van der Waals surface area (Å²) in [6.07, 6.45) is 4.42. The summed E-state index contributed by atoms with van der Waals surface area (Å²) in [5.41, 5.74) is 0.723. The average Bonchev–Trinajstić information content (AvgIpc) is 2.58. The SMILES string of the molecule is C#CCOc1ccccc1OCC(O)c1cccc(OC)c1. The molecule has 22 heavy (non-hydrogen) atoms. The number of para-hydroxylation sites is 2. The zero-order valence-electron chi connectivity index (χ0n) is 12.4. The smallest absolute Gasteiger partial charge is 0.162 e. The largest absolute Gasteiger partial charge is 0.497 e. The van der Waals surface area contributed by atoms with Gasteiger partial charge in [0.2, 0.25) is 0 Å². The molecule has 2 aromatic carbocycles. The molecular formula is C18H18O4. The maximum absolute atomic E-state index is 10.2. The van der Waals surface area contributed by atoms with Crippen molar-refractivity contribution in [2.75, 3.05) is 20.3 Å². The molecule has 0 bridgehead atoms. The maximum Gasteiger partial charge on any atom is 0.162 e. The van der Waals surface area contributed by atoms with Crippen molar-refractivity contribution >= 4 is 0 Å². The summed E-state index contributed by atoms with van der Waals surface area (Å²) in [4.78, 5) is 0. The molecule has 1 atom stereocenters. The first-order valence-corrected chi connectivity index (χ1v) is 6.84. The summed E-state index contributed by atoms with van der Waals surface area (Å²) in [6, 6.07) is 14.4. The molecule has 1 unspecified atom stereocenters. The van der Waals surface area contributed by atoms with Gasteiger partial charge in [-0.05, 0) is 29.8 Å². The van der Waals surface area contributed by atoms with Crippen molar-refractivity contribution in [2.45, 2.75) is 6.10 Å². The van der Waals surface area contributed by atoms with Gasteiger partial charge in [0.25, 0.3) is 0 Å². The van der Waals surface area contributed by atoms with E-state index in [-0.39, 0.29) is 13.2 Å². The Kier molecular flexibility index (Phi) is 5.70. The normalized spacial score (nSPS) is 11.3. The molecule has 4 nitrogen and oxygen atoms in total. The molecule has 4 heteroatoms. The van der Waals surface area contributed by atoms with Crippen LogP contribution in [0.15, 0.2) is 48.5 Å². The number of aliphatic hydroxyl groups excluding tert-OH is 1. The highest BCUT2D eigenvalue weighted by atomic mass is 16.5. The zero-order valence-corrected chi connectivity index (χ0v) is 12.4. The summed E-state index contributed by atoms with van der Waals surface area (Å²) < 4.78 is 16.2. The van der Waals surface area contributed by atoms with Gasteiger partial charge in [-0.2, -0.15) is 0 Å². The molecule has 1 N–H and O–H groups in total. The number of rotatable bonds is 7. The van der Waals surface area contributed by atoms with Gasteiger partial charge in [0, 0.05) is 0 Å². The molecule has 0 fully saturated rings. The highest BCUT2D eigenvalue weighted by Crippen LogP contribution is 2.28. The minimum atomic E-state index is -0.768. The van der Waals surface area contributed by atoms with Crippen LogP contribution >= 0.6 is 0 Å². The number of methoxy groups -OCH3 is 1. The van der Waals surface area contributed by atoms with Gasteiger partial charge in [0.05, 0.1) is 7.11 Å². The van der Waals surface area contributed by atoms with E-state index in [4.69, 9.17) is 20.6 Å². The van der Waals surface area contributed by atoms with E-state index in [0.717, 1.165) is 5.56 Å². The van der Waals surface area contributed by atoms with E-state index in [0.29, 0.717) is 17.2 Å². The second-order valence-corrected chi connectivity index (χ2v) is 4.54. The Labute approximate surface area is 130 Å². The van der Waals surface area contributed by atoms with Crippen molar-refractivity contribution in [1.29, 1.82) is 0 Å². The molecule has 2 rings (SSSR count).